The Kier molecular flexibility index (Phi) is 3.85. The van der Waals surface area contributed by atoms with Gasteiger partial charge in [-0.2, -0.15) is 0 Å². The van der Waals surface area contributed by atoms with Crippen molar-refractivity contribution in [3.8, 4) is 0 Å². The van der Waals surface area contributed by atoms with E-state index in [1.54, 1.807) is 0 Å². The number of methoxy groups -OCH3 is 1. The van der Waals surface area contributed by atoms with E-state index in [2.05, 4.69) is 10.6 Å². The summed E-state index contributed by atoms with van der Waals surface area (Å²) in [5, 5.41) is 6.57. The Morgan fingerprint density at radius 2 is 1.89 bits per heavy atom. The van der Waals surface area contributed by atoms with E-state index in [9.17, 15) is 4.79 Å². The van der Waals surface area contributed by atoms with E-state index in [0.29, 0.717) is 10.7 Å². The number of hydrogen-bond donors (Lipinski definition) is 2. The van der Waals surface area contributed by atoms with Crippen molar-refractivity contribution in [2.24, 2.45) is 0 Å². The summed E-state index contributed by atoms with van der Waals surface area (Å²) in [4.78, 5) is 11.9. The first-order valence-corrected chi connectivity index (χ1v) is 6.37. The molecule has 100 valence electrons. The zero-order valence-corrected chi connectivity index (χ0v) is 11.9. The number of thiocarbonyl (C=S) groups is 1. The van der Waals surface area contributed by atoms with Crippen LogP contribution < -0.4 is 10.6 Å². The van der Waals surface area contributed by atoms with Gasteiger partial charge in [0.2, 0.25) is 0 Å². The van der Waals surface area contributed by atoms with Crippen LogP contribution in [0.1, 0.15) is 24.1 Å². The van der Waals surface area contributed by atoms with Gasteiger partial charge in [0, 0.05) is 5.70 Å². The third-order valence-electron chi connectivity index (χ3n) is 3.09. The molecule has 0 radical (unpaired) electrons. The predicted octanol–water partition coefficient (Wildman–Crippen LogP) is 1.96. The number of carbonyl (C=O) groups is 1. The standard InChI is InChI=1S/C14H16N2O2S/c1-8-4-6-10(7-5-8)12-11(13(17)18-3)9(2)15-14(19)16-12/h4-7,12H,1-3H3,(H2,15,16,19)/t12-/m1/s1. The monoisotopic (exact) mass is 276 g/mol. The molecule has 0 amide bonds. The summed E-state index contributed by atoms with van der Waals surface area (Å²) < 4.78 is 4.85. The lowest BCUT2D eigenvalue weighted by Gasteiger charge is -2.29. The van der Waals surface area contributed by atoms with Crippen molar-refractivity contribution in [1.82, 2.24) is 10.6 Å². The van der Waals surface area contributed by atoms with Gasteiger partial charge in [0.25, 0.3) is 0 Å². The third kappa shape index (κ3) is 2.76. The number of ether oxygens (including phenoxy) is 1. The van der Waals surface area contributed by atoms with Crippen LogP contribution in [-0.2, 0) is 9.53 Å². The molecule has 0 aromatic heterocycles. The van der Waals surface area contributed by atoms with E-state index >= 15 is 0 Å². The van der Waals surface area contributed by atoms with E-state index in [1.807, 2.05) is 38.1 Å². The van der Waals surface area contributed by atoms with Gasteiger partial charge in [-0.3, -0.25) is 0 Å². The Balaban J connectivity index is 2.46. The normalized spacial score (nSPS) is 18.7. The fraction of sp³-hybridized carbons (Fsp3) is 0.286. The van der Waals surface area contributed by atoms with E-state index < -0.39 is 0 Å². The maximum Gasteiger partial charge on any atom is 0.337 e. The van der Waals surface area contributed by atoms with Crippen molar-refractivity contribution in [1.29, 1.82) is 0 Å². The number of rotatable bonds is 2. The summed E-state index contributed by atoms with van der Waals surface area (Å²) in [5.41, 5.74) is 3.43. The Bertz CT molecular complexity index is 549. The summed E-state index contributed by atoms with van der Waals surface area (Å²) in [6.07, 6.45) is 0. The molecule has 1 aromatic carbocycles. The van der Waals surface area contributed by atoms with Gasteiger partial charge in [-0.15, -0.1) is 0 Å². The van der Waals surface area contributed by atoms with Crippen molar-refractivity contribution in [2.45, 2.75) is 19.9 Å². The molecule has 0 spiro atoms. The van der Waals surface area contributed by atoms with Crippen molar-refractivity contribution >= 4 is 23.3 Å². The first-order valence-electron chi connectivity index (χ1n) is 5.96. The number of hydrogen-bond acceptors (Lipinski definition) is 3. The second-order valence-electron chi connectivity index (χ2n) is 4.47. The van der Waals surface area contributed by atoms with Crippen LogP contribution in [0.15, 0.2) is 35.5 Å². The van der Waals surface area contributed by atoms with Crippen LogP contribution in [0.4, 0.5) is 0 Å². The van der Waals surface area contributed by atoms with Crippen LogP contribution in [-0.4, -0.2) is 18.2 Å². The lowest BCUT2D eigenvalue weighted by molar-refractivity contribution is -0.136. The maximum atomic E-state index is 11.9. The summed E-state index contributed by atoms with van der Waals surface area (Å²) >= 11 is 5.15. The van der Waals surface area contributed by atoms with Gasteiger partial charge < -0.3 is 15.4 Å². The zero-order chi connectivity index (χ0) is 14.0. The lowest BCUT2D eigenvalue weighted by Crippen LogP contribution is -2.45. The van der Waals surface area contributed by atoms with Gasteiger partial charge >= 0.3 is 5.97 Å². The number of nitrogens with one attached hydrogen (secondary N) is 2. The molecule has 2 rings (SSSR count). The number of carbonyl (C=O) groups excluding carboxylic acids is 1. The SMILES string of the molecule is COC(=O)C1=C(C)NC(=S)N[C@@H]1c1ccc(C)cc1. The van der Waals surface area contributed by atoms with Crippen LogP contribution in [0.25, 0.3) is 0 Å². The number of allylic oxidation sites excluding steroid dienone is 1. The van der Waals surface area contributed by atoms with Crippen LogP contribution >= 0.6 is 12.2 Å². The lowest BCUT2D eigenvalue weighted by atomic mass is 9.95. The maximum absolute atomic E-state index is 11.9. The number of esters is 1. The molecule has 0 fully saturated rings. The van der Waals surface area contributed by atoms with Crippen LogP contribution in [0.5, 0.6) is 0 Å². The average Bonchev–Trinajstić information content (AvgIpc) is 2.38. The second-order valence-corrected chi connectivity index (χ2v) is 4.88. The van der Waals surface area contributed by atoms with Gasteiger partial charge in [-0.25, -0.2) is 4.79 Å². The smallest absolute Gasteiger partial charge is 0.337 e. The van der Waals surface area contributed by atoms with E-state index in [1.165, 1.54) is 12.7 Å². The highest BCUT2D eigenvalue weighted by atomic mass is 32.1. The topological polar surface area (TPSA) is 50.4 Å². The zero-order valence-electron chi connectivity index (χ0n) is 11.1. The van der Waals surface area contributed by atoms with E-state index in [4.69, 9.17) is 17.0 Å². The highest BCUT2D eigenvalue weighted by Gasteiger charge is 2.30. The molecular weight excluding hydrogens is 260 g/mol. The Hall–Kier alpha value is -1.88. The fourth-order valence-electron chi connectivity index (χ4n) is 2.08. The minimum Gasteiger partial charge on any atom is -0.466 e. The second kappa shape index (κ2) is 5.40. The molecule has 0 saturated heterocycles. The third-order valence-corrected chi connectivity index (χ3v) is 3.31. The largest absolute Gasteiger partial charge is 0.466 e. The summed E-state index contributed by atoms with van der Waals surface area (Å²) in [7, 11) is 1.38. The molecule has 0 unspecified atom stereocenters. The molecule has 0 bridgehead atoms. The van der Waals surface area contributed by atoms with Gasteiger partial charge in [0.05, 0.1) is 18.7 Å². The Morgan fingerprint density at radius 3 is 2.47 bits per heavy atom. The molecular formula is C14H16N2O2S. The van der Waals surface area contributed by atoms with Gasteiger partial charge in [-0.1, -0.05) is 29.8 Å². The summed E-state index contributed by atoms with van der Waals surface area (Å²) in [6, 6.07) is 7.70. The summed E-state index contributed by atoms with van der Waals surface area (Å²) in [5.74, 6) is -0.356. The van der Waals surface area contributed by atoms with Crippen LogP contribution in [0.3, 0.4) is 0 Å². The Morgan fingerprint density at radius 1 is 1.26 bits per heavy atom. The van der Waals surface area contributed by atoms with Crippen molar-refractivity contribution in [2.75, 3.05) is 7.11 Å². The number of benzene rings is 1. The van der Waals surface area contributed by atoms with Crippen LogP contribution in [0, 0.1) is 6.92 Å². The minimum atomic E-state index is -0.356. The highest BCUT2D eigenvalue weighted by Crippen LogP contribution is 2.27. The van der Waals surface area contributed by atoms with Gasteiger partial charge in [0.1, 0.15) is 0 Å². The first kappa shape index (κ1) is 13.5. The highest BCUT2D eigenvalue weighted by molar-refractivity contribution is 7.80. The molecule has 1 aliphatic heterocycles. The molecule has 4 nitrogen and oxygen atoms in total. The molecule has 0 saturated carbocycles. The molecule has 0 aliphatic carbocycles. The average molecular weight is 276 g/mol. The van der Waals surface area contributed by atoms with Gasteiger partial charge in [-0.05, 0) is 31.6 Å². The molecule has 1 heterocycles. The summed E-state index contributed by atoms with van der Waals surface area (Å²) in [6.45, 7) is 3.84. The first-order chi connectivity index (χ1) is 9.02. The van der Waals surface area contributed by atoms with E-state index in [-0.39, 0.29) is 12.0 Å². The molecule has 5 heteroatoms. The quantitative estimate of drug-likeness (QED) is 0.639. The molecule has 2 N–H and O–H groups in total. The van der Waals surface area contributed by atoms with Crippen molar-refractivity contribution < 1.29 is 9.53 Å². The molecule has 19 heavy (non-hydrogen) atoms. The molecule has 1 atom stereocenters. The predicted molar refractivity (Wildman–Crippen MR) is 77.5 cm³/mol. The minimum absolute atomic E-state index is 0.276. The van der Waals surface area contributed by atoms with Crippen LogP contribution in [0.2, 0.25) is 0 Å². The fourth-order valence-corrected chi connectivity index (χ4v) is 2.35. The molecule has 1 aliphatic rings. The van der Waals surface area contributed by atoms with Gasteiger partial charge in [0.15, 0.2) is 5.11 Å². The molecule has 1 aromatic rings. The van der Waals surface area contributed by atoms with Crippen molar-refractivity contribution in [3.63, 3.8) is 0 Å². The Labute approximate surface area is 117 Å². The van der Waals surface area contributed by atoms with E-state index in [0.717, 1.165) is 11.3 Å². The van der Waals surface area contributed by atoms with Crippen molar-refractivity contribution in [3.05, 3.63) is 46.7 Å². The number of aryl methyl sites for hydroxylation is 1.